The molecule has 0 bridgehead atoms. The maximum absolute atomic E-state index is 12.5. The lowest BCUT2D eigenvalue weighted by Gasteiger charge is -2.34. The van der Waals surface area contributed by atoms with Gasteiger partial charge in [-0.1, -0.05) is 0 Å². The van der Waals surface area contributed by atoms with Crippen molar-refractivity contribution in [2.75, 3.05) is 20.8 Å². The van der Waals surface area contributed by atoms with Crippen molar-refractivity contribution in [3.05, 3.63) is 18.0 Å². The second-order valence-electron chi connectivity index (χ2n) is 5.29. The van der Waals surface area contributed by atoms with Crippen LogP contribution >= 0.6 is 0 Å². The van der Waals surface area contributed by atoms with E-state index in [-0.39, 0.29) is 16.8 Å². The van der Waals surface area contributed by atoms with E-state index in [1.807, 2.05) is 0 Å². The van der Waals surface area contributed by atoms with E-state index in [1.165, 1.54) is 12.3 Å². The van der Waals surface area contributed by atoms with Crippen LogP contribution in [0.3, 0.4) is 0 Å². The normalized spacial score (nSPS) is 15.8. The summed E-state index contributed by atoms with van der Waals surface area (Å²) in [6.45, 7) is 0.776. The van der Waals surface area contributed by atoms with E-state index in [4.69, 9.17) is 9.88 Å². The van der Waals surface area contributed by atoms with Crippen molar-refractivity contribution in [3.8, 4) is 0 Å². The Morgan fingerprint density at radius 1 is 1.52 bits per heavy atom. The average Bonchev–Trinajstić information content (AvgIpc) is 2.77. The van der Waals surface area contributed by atoms with Gasteiger partial charge in [0.1, 0.15) is 10.6 Å². The molecule has 118 valence electrons. The Bertz CT molecular complexity index is 619. The third kappa shape index (κ3) is 3.45. The topological polar surface area (TPSA) is 94.6 Å². The van der Waals surface area contributed by atoms with Gasteiger partial charge >= 0.3 is 0 Å². The fourth-order valence-corrected chi connectivity index (χ4v) is 2.86. The molecule has 0 radical (unpaired) electrons. The van der Waals surface area contributed by atoms with Crippen molar-refractivity contribution in [1.29, 1.82) is 0 Å². The minimum atomic E-state index is -3.83. The third-order valence-electron chi connectivity index (χ3n) is 3.90. The summed E-state index contributed by atoms with van der Waals surface area (Å²) >= 11 is 0. The predicted octanol–water partition coefficient (Wildman–Crippen LogP) is 0.406. The number of sulfonamides is 1. The Morgan fingerprint density at radius 2 is 2.19 bits per heavy atom. The summed E-state index contributed by atoms with van der Waals surface area (Å²) in [6.07, 6.45) is 4.48. The summed E-state index contributed by atoms with van der Waals surface area (Å²) < 4.78 is 29.5. The molecule has 7 nitrogen and oxygen atoms in total. The van der Waals surface area contributed by atoms with E-state index in [9.17, 15) is 13.2 Å². The highest BCUT2D eigenvalue weighted by Crippen LogP contribution is 2.25. The lowest BCUT2D eigenvalue weighted by Crippen LogP contribution is -2.42. The molecular weight excluding hydrogens is 294 g/mol. The standard InChI is InChI=1S/C13H21N3O4S/c1-15(10-4-3-5-10)13(17)12-8-11(21(14,18)19)9-16(12)6-7-20-2/h8-10H,3-7H2,1-2H3,(H2,14,18,19). The van der Waals surface area contributed by atoms with Crippen molar-refractivity contribution in [1.82, 2.24) is 9.47 Å². The zero-order chi connectivity index (χ0) is 15.6. The van der Waals surface area contributed by atoms with Gasteiger partial charge < -0.3 is 14.2 Å². The molecule has 1 saturated carbocycles. The van der Waals surface area contributed by atoms with Crippen LogP contribution in [0, 0.1) is 0 Å². The number of aromatic nitrogens is 1. The maximum atomic E-state index is 12.5. The van der Waals surface area contributed by atoms with Gasteiger partial charge in [-0.05, 0) is 25.3 Å². The largest absolute Gasteiger partial charge is 0.383 e. The van der Waals surface area contributed by atoms with Crippen LogP contribution in [-0.2, 0) is 21.3 Å². The molecule has 0 aromatic carbocycles. The van der Waals surface area contributed by atoms with Crippen molar-refractivity contribution >= 4 is 15.9 Å². The molecule has 1 amide bonds. The first-order valence-electron chi connectivity index (χ1n) is 6.83. The van der Waals surface area contributed by atoms with Crippen LogP contribution in [0.4, 0.5) is 0 Å². The van der Waals surface area contributed by atoms with E-state index < -0.39 is 10.0 Å². The Labute approximate surface area is 124 Å². The average molecular weight is 315 g/mol. The minimum Gasteiger partial charge on any atom is -0.383 e. The van der Waals surface area contributed by atoms with E-state index in [2.05, 4.69) is 0 Å². The number of hydrogen-bond acceptors (Lipinski definition) is 4. The first kappa shape index (κ1) is 16.0. The van der Waals surface area contributed by atoms with Gasteiger partial charge in [-0.15, -0.1) is 0 Å². The van der Waals surface area contributed by atoms with Gasteiger partial charge in [0.15, 0.2) is 0 Å². The summed E-state index contributed by atoms with van der Waals surface area (Å²) in [7, 11) is -0.539. The molecular formula is C13H21N3O4S. The third-order valence-corrected chi connectivity index (χ3v) is 4.78. The van der Waals surface area contributed by atoms with Crippen LogP contribution in [0.25, 0.3) is 0 Å². The number of nitrogens with zero attached hydrogens (tertiary/aromatic N) is 2. The molecule has 2 rings (SSSR count). The molecule has 2 N–H and O–H groups in total. The van der Waals surface area contributed by atoms with Crippen molar-refractivity contribution in [3.63, 3.8) is 0 Å². The van der Waals surface area contributed by atoms with Crippen LogP contribution in [0.2, 0.25) is 0 Å². The summed E-state index contributed by atoms with van der Waals surface area (Å²) in [4.78, 5) is 14.2. The molecule has 0 saturated heterocycles. The fourth-order valence-electron chi connectivity index (χ4n) is 2.31. The number of rotatable bonds is 6. The molecule has 1 fully saturated rings. The molecule has 0 unspecified atom stereocenters. The van der Waals surface area contributed by atoms with Gasteiger partial charge in [-0.3, -0.25) is 4.79 Å². The van der Waals surface area contributed by atoms with Gasteiger partial charge in [0.25, 0.3) is 5.91 Å². The van der Waals surface area contributed by atoms with Crippen LogP contribution in [-0.4, -0.2) is 50.6 Å². The number of primary sulfonamides is 1. The highest BCUT2D eigenvalue weighted by atomic mass is 32.2. The number of ether oxygens (including phenoxy) is 1. The number of carbonyl (C=O) groups is 1. The van der Waals surface area contributed by atoms with Crippen LogP contribution in [0.5, 0.6) is 0 Å². The van der Waals surface area contributed by atoms with E-state index in [0.717, 1.165) is 19.3 Å². The fraction of sp³-hybridized carbons (Fsp3) is 0.615. The molecule has 1 aromatic heterocycles. The van der Waals surface area contributed by atoms with Gasteiger partial charge in [0, 0.05) is 32.9 Å². The quantitative estimate of drug-likeness (QED) is 0.822. The van der Waals surface area contributed by atoms with Gasteiger partial charge in [-0.2, -0.15) is 0 Å². The number of methoxy groups -OCH3 is 1. The molecule has 1 aromatic rings. The van der Waals surface area contributed by atoms with Crippen LogP contribution < -0.4 is 5.14 Å². The molecule has 21 heavy (non-hydrogen) atoms. The van der Waals surface area contributed by atoms with Gasteiger partial charge in [0.2, 0.25) is 10.0 Å². The van der Waals surface area contributed by atoms with E-state index in [1.54, 1.807) is 23.6 Å². The van der Waals surface area contributed by atoms with Gasteiger partial charge in [0.05, 0.1) is 6.61 Å². The van der Waals surface area contributed by atoms with E-state index in [0.29, 0.717) is 18.8 Å². The number of hydrogen-bond donors (Lipinski definition) is 1. The molecule has 1 aliphatic rings. The number of carbonyl (C=O) groups excluding carboxylic acids is 1. The lowest BCUT2D eigenvalue weighted by atomic mass is 9.92. The lowest BCUT2D eigenvalue weighted by molar-refractivity contribution is 0.0638. The Hall–Kier alpha value is -1.38. The molecule has 0 spiro atoms. The van der Waals surface area contributed by atoms with Crippen LogP contribution in [0.1, 0.15) is 29.8 Å². The van der Waals surface area contributed by atoms with E-state index >= 15 is 0 Å². The zero-order valence-corrected chi connectivity index (χ0v) is 13.1. The molecule has 1 heterocycles. The monoisotopic (exact) mass is 315 g/mol. The molecule has 8 heteroatoms. The molecule has 1 aliphatic carbocycles. The molecule has 0 atom stereocenters. The summed E-state index contributed by atoms with van der Waals surface area (Å²) in [5, 5.41) is 5.14. The first-order chi connectivity index (χ1) is 9.84. The van der Waals surface area contributed by atoms with Crippen molar-refractivity contribution in [2.24, 2.45) is 5.14 Å². The Kier molecular flexibility index (Phi) is 4.70. The van der Waals surface area contributed by atoms with Gasteiger partial charge in [-0.25, -0.2) is 13.6 Å². The number of nitrogens with two attached hydrogens (primary N) is 1. The molecule has 0 aliphatic heterocycles. The highest BCUT2D eigenvalue weighted by molar-refractivity contribution is 7.89. The Morgan fingerprint density at radius 3 is 2.67 bits per heavy atom. The second-order valence-corrected chi connectivity index (χ2v) is 6.85. The smallest absolute Gasteiger partial charge is 0.270 e. The van der Waals surface area contributed by atoms with Crippen LogP contribution in [0.15, 0.2) is 17.2 Å². The SMILES string of the molecule is COCCn1cc(S(N)(=O)=O)cc1C(=O)N(C)C1CCC1. The summed E-state index contributed by atoms with van der Waals surface area (Å²) in [5.74, 6) is -0.189. The maximum Gasteiger partial charge on any atom is 0.270 e. The summed E-state index contributed by atoms with van der Waals surface area (Å²) in [5.41, 5.74) is 0.325. The Balaban J connectivity index is 2.30. The highest BCUT2D eigenvalue weighted by Gasteiger charge is 2.29. The zero-order valence-electron chi connectivity index (χ0n) is 12.3. The minimum absolute atomic E-state index is 0.0519. The second kappa shape index (κ2) is 6.17. The predicted molar refractivity (Wildman–Crippen MR) is 77.4 cm³/mol. The van der Waals surface area contributed by atoms with Crippen molar-refractivity contribution in [2.45, 2.75) is 36.7 Å². The summed E-state index contributed by atoms with van der Waals surface area (Å²) in [6, 6.07) is 1.57. The first-order valence-corrected chi connectivity index (χ1v) is 8.38. The van der Waals surface area contributed by atoms with Crippen molar-refractivity contribution < 1.29 is 17.9 Å². The number of amides is 1.